The summed E-state index contributed by atoms with van der Waals surface area (Å²) in [7, 11) is 0. The van der Waals surface area contributed by atoms with Crippen LogP contribution in [-0.4, -0.2) is 55.4 Å². The fourth-order valence-corrected chi connectivity index (χ4v) is 3.40. The number of carboxylic acids is 5. The Morgan fingerprint density at radius 3 is 1.70 bits per heavy atom. The predicted molar refractivity (Wildman–Crippen MR) is 110 cm³/mol. The molecule has 0 fully saturated rings. The van der Waals surface area contributed by atoms with Crippen LogP contribution in [0, 0.1) is 0 Å². The van der Waals surface area contributed by atoms with E-state index in [0.717, 1.165) is 30.3 Å². The first-order chi connectivity index (χ1) is 15.5. The number of aromatic carboxylic acids is 4. The van der Waals surface area contributed by atoms with Crippen LogP contribution >= 0.6 is 0 Å². The number of hydrogen-bond donors (Lipinski definition) is 6. The zero-order valence-corrected chi connectivity index (χ0v) is 16.5. The number of aliphatic carboxylic acids is 1. The van der Waals surface area contributed by atoms with Gasteiger partial charge in [-0.2, -0.15) is 0 Å². The molecule has 0 amide bonds. The second kappa shape index (κ2) is 8.30. The fraction of sp³-hybridized carbons (Fsp3) is 0.0455. The maximum atomic E-state index is 12.3. The molecule has 1 heterocycles. The van der Waals surface area contributed by atoms with E-state index in [1.54, 1.807) is 0 Å². The Hall–Kier alpha value is -4.93. The molecule has 0 aliphatic carbocycles. The van der Waals surface area contributed by atoms with Gasteiger partial charge < -0.3 is 30.8 Å². The highest BCUT2D eigenvalue weighted by molar-refractivity contribution is 6.03. The lowest BCUT2D eigenvalue weighted by Gasteiger charge is -2.33. The van der Waals surface area contributed by atoms with Gasteiger partial charge >= 0.3 is 29.8 Å². The van der Waals surface area contributed by atoms with Crippen molar-refractivity contribution in [2.75, 3.05) is 0 Å². The van der Waals surface area contributed by atoms with Crippen LogP contribution in [0.25, 0.3) is 5.70 Å². The highest BCUT2D eigenvalue weighted by Gasteiger charge is 2.41. The maximum Gasteiger partial charge on any atom is 0.338 e. The number of carboxylic acid groups (broad SMARTS) is 5. The quantitative estimate of drug-likeness (QED) is 0.358. The van der Waals surface area contributed by atoms with Gasteiger partial charge in [-0.05, 0) is 47.5 Å². The summed E-state index contributed by atoms with van der Waals surface area (Å²) in [6.07, 6.45) is 3.98. The second-order valence-electron chi connectivity index (χ2n) is 6.92. The zero-order chi connectivity index (χ0) is 24.5. The Labute approximate surface area is 184 Å². The molecular weight excluding hydrogens is 438 g/mol. The van der Waals surface area contributed by atoms with E-state index in [2.05, 4.69) is 5.32 Å². The predicted octanol–water partition coefficient (Wildman–Crippen LogP) is 1.96. The van der Waals surface area contributed by atoms with Gasteiger partial charge in [-0.25, -0.2) is 24.0 Å². The molecule has 1 aliphatic heterocycles. The Balaban J connectivity index is 2.13. The summed E-state index contributed by atoms with van der Waals surface area (Å²) in [5.74, 6) is -7.48. The molecule has 0 radical (unpaired) electrons. The summed E-state index contributed by atoms with van der Waals surface area (Å²) in [5, 5.41) is 49.8. The molecule has 1 atom stereocenters. The van der Waals surface area contributed by atoms with Crippen molar-refractivity contribution in [1.82, 2.24) is 5.32 Å². The summed E-state index contributed by atoms with van der Waals surface area (Å²) >= 11 is 0. The number of carbonyl (C=O) groups is 5. The van der Waals surface area contributed by atoms with E-state index in [4.69, 9.17) is 0 Å². The molecule has 2 aromatic rings. The summed E-state index contributed by atoms with van der Waals surface area (Å²) in [6, 6.07) is 6.47. The highest BCUT2D eigenvalue weighted by Crippen LogP contribution is 2.32. The Morgan fingerprint density at radius 1 is 0.667 bits per heavy atom. The lowest BCUT2D eigenvalue weighted by Crippen LogP contribution is -2.48. The molecule has 0 saturated carbocycles. The largest absolute Gasteiger partial charge is 0.479 e. The molecule has 11 heteroatoms. The lowest BCUT2D eigenvalue weighted by atomic mass is 9.84. The van der Waals surface area contributed by atoms with Crippen molar-refractivity contribution in [3.05, 3.63) is 88.0 Å². The number of dihydropyridines is 1. The first-order valence-corrected chi connectivity index (χ1v) is 9.11. The number of hydrogen-bond acceptors (Lipinski definition) is 6. The van der Waals surface area contributed by atoms with E-state index in [-0.39, 0.29) is 16.8 Å². The minimum Gasteiger partial charge on any atom is -0.479 e. The molecule has 3 rings (SSSR count). The van der Waals surface area contributed by atoms with Crippen LogP contribution < -0.4 is 5.32 Å². The number of allylic oxidation sites excluding steroid dienone is 2. The molecule has 11 nitrogen and oxygen atoms in total. The molecule has 0 spiro atoms. The van der Waals surface area contributed by atoms with Crippen molar-refractivity contribution in [1.29, 1.82) is 0 Å². The van der Waals surface area contributed by atoms with Crippen LogP contribution in [0.2, 0.25) is 0 Å². The van der Waals surface area contributed by atoms with Gasteiger partial charge in [-0.1, -0.05) is 18.2 Å². The molecular formula is C22H15NO10. The van der Waals surface area contributed by atoms with Crippen molar-refractivity contribution >= 4 is 35.5 Å². The summed E-state index contributed by atoms with van der Waals surface area (Å²) in [5.41, 5.74) is -3.98. The van der Waals surface area contributed by atoms with Gasteiger partial charge in [0, 0.05) is 5.70 Å². The first-order valence-electron chi connectivity index (χ1n) is 9.11. The van der Waals surface area contributed by atoms with Crippen molar-refractivity contribution in [2.45, 2.75) is 5.54 Å². The van der Waals surface area contributed by atoms with Crippen molar-refractivity contribution in [2.24, 2.45) is 0 Å². The summed E-state index contributed by atoms with van der Waals surface area (Å²) < 4.78 is 0. The third-order valence-electron chi connectivity index (χ3n) is 5.01. The first kappa shape index (κ1) is 22.7. The lowest BCUT2D eigenvalue weighted by molar-refractivity contribution is -0.142. The van der Waals surface area contributed by atoms with Gasteiger partial charge in [0.25, 0.3) is 0 Å². The van der Waals surface area contributed by atoms with Crippen LogP contribution in [-0.2, 0) is 10.3 Å². The molecule has 168 valence electrons. The molecule has 2 aromatic carbocycles. The van der Waals surface area contributed by atoms with E-state index < -0.39 is 57.6 Å². The minimum absolute atomic E-state index is 0.0973. The van der Waals surface area contributed by atoms with E-state index in [1.807, 2.05) is 0 Å². The van der Waals surface area contributed by atoms with E-state index in [9.17, 15) is 49.5 Å². The van der Waals surface area contributed by atoms with Crippen LogP contribution in [0.15, 0.2) is 54.6 Å². The van der Waals surface area contributed by atoms with Gasteiger partial charge in [0.2, 0.25) is 0 Å². The average molecular weight is 453 g/mol. The monoisotopic (exact) mass is 453 g/mol. The Kier molecular flexibility index (Phi) is 5.72. The van der Waals surface area contributed by atoms with Gasteiger partial charge in [0.05, 0.1) is 22.3 Å². The fourth-order valence-electron chi connectivity index (χ4n) is 3.40. The second-order valence-corrected chi connectivity index (χ2v) is 6.92. The number of benzene rings is 2. The molecule has 0 aromatic heterocycles. The Morgan fingerprint density at radius 2 is 1.18 bits per heavy atom. The summed E-state index contributed by atoms with van der Waals surface area (Å²) in [4.78, 5) is 57.9. The van der Waals surface area contributed by atoms with Crippen LogP contribution in [0.1, 0.15) is 52.6 Å². The minimum atomic E-state index is -2.03. The molecule has 0 saturated heterocycles. The van der Waals surface area contributed by atoms with Crippen molar-refractivity contribution < 1.29 is 49.5 Å². The van der Waals surface area contributed by atoms with Crippen LogP contribution in [0.4, 0.5) is 0 Å². The van der Waals surface area contributed by atoms with Crippen molar-refractivity contribution in [3.63, 3.8) is 0 Å². The normalized spacial score (nSPS) is 16.9. The van der Waals surface area contributed by atoms with Crippen molar-refractivity contribution in [3.8, 4) is 0 Å². The molecule has 0 bridgehead atoms. The molecule has 1 aliphatic rings. The molecule has 1 unspecified atom stereocenters. The standard InChI is InChI=1S/C22H15NO10/c24-17(25)12-5-3-10(8-14(12)19(28)29)16-2-1-7-22(23-16,21(32)33)11-4-6-13(18(26)27)15(9-11)20(30)31/h1-9,23H,(H,24,25)(H,26,27)(H,28,29)(H,30,31)(H,32,33). The highest BCUT2D eigenvalue weighted by atomic mass is 16.4. The van der Waals surface area contributed by atoms with E-state index in [0.29, 0.717) is 0 Å². The van der Waals surface area contributed by atoms with E-state index in [1.165, 1.54) is 24.3 Å². The third-order valence-corrected chi connectivity index (χ3v) is 5.01. The average Bonchev–Trinajstić information content (AvgIpc) is 2.77. The van der Waals surface area contributed by atoms with Gasteiger partial charge in [0.1, 0.15) is 0 Å². The zero-order valence-electron chi connectivity index (χ0n) is 16.5. The Bertz CT molecular complexity index is 1290. The number of rotatable bonds is 7. The third kappa shape index (κ3) is 4.02. The van der Waals surface area contributed by atoms with Gasteiger partial charge in [0.15, 0.2) is 5.54 Å². The summed E-state index contributed by atoms with van der Waals surface area (Å²) in [6.45, 7) is 0. The maximum absolute atomic E-state index is 12.3. The van der Waals surface area contributed by atoms with Gasteiger partial charge in [-0.3, -0.25) is 0 Å². The molecule has 33 heavy (non-hydrogen) atoms. The van der Waals surface area contributed by atoms with Crippen LogP contribution in [0.5, 0.6) is 0 Å². The number of nitrogens with one attached hydrogen (secondary N) is 1. The topological polar surface area (TPSA) is 199 Å². The molecule has 6 N–H and O–H groups in total. The SMILES string of the molecule is O=C(O)c1ccc(C2=CC=CC(C(=O)O)(c3ccc(C(=O)O)c(C(=O)O)c3)N2)cc1C(=O)O. The van der Waals surface area contributed by atoms with Gasteiger partial charge in [-0.15, -0.1) is 0 Å². The smallest absolute Gasteiger partial charge is 0.338 e. The van der Waals surface area contributed by atoms with Crippen LogP contribution in [0.3, 0.4) is 0 Å². The van der Waals surface area contributed by atoms with E-state index >= 15 is 0 Å².